The van der Waals surface area contributed by atoms with Crippen LogP contribution in [0, 0.1) is 51.2 Å². The fourth-order valence-corrected chi connectivity index (χ4v) is 3.84. The number of hydrogen-bond donors (Lipinski definition) is 1. The van der Waals surface area contributed by atoms with E-state index in [2.05, 4.69) is 36.1 Å². The van der Waals surface area contributed by atoms with Gasteiger partial charge in [0.15, 0.2) is 5.41 Å². The number of nitrogens with two attached hydrogens (primary N) is 1. The summed E-state index contributed by atoms with van der Waals surface area (Å²) >= 11 is 0. The molecule has 1 aliphatic carbocycles. The van der Waals surface area contributed by atoms with Crippen molar-refractivity contribution in [1.29, 1.82) is 15.8 Å². The second-order valence-corrected chi connectivity index (χ2v) is 5.97. The molecule has 0 aromatic rings. The lowest BCUT2D eigenvalue weighted by Gasteiger charge is -2.45. The fourth-order valence-electron chi connectivity index (χ4n) is 3.84. The molecule has 2 aliphatic rings. The zero-order valence-corrected chi connectivity index (χ0v) is 13.1. The normalized spacial score (nSPS) is 27.1. The van der Waals surface area contributed by atoms with Gasteiger partial charge in [-0.3, -0.25) is 4.90 Å². The van der Waals surface area contributed by atoms with Crippen molar-refractivity contribution < 1.29 is 0 Å². The quantitative estimate of drug-likeness (QED) is 0.858. The first-order valence-corrected chi connectivity index (χ1v) is 7.75. The van der Waals surface area contributed by atoms with Crippen molar-refractivity contribution in [2.75, 3.05) is 19.6 Å². The van der Waals surface area contributed by atoms with Gasteiger partial charge in [-0.1, -0.05) is 19.9 Å². The Morgan fingerprint density at radius 3 is 2.50 bits per heavy atom. The zero-order chi connectivity index (χ0) is 16.3. The summed E-state index contributed by atoms with van der Waals surface area (Å²) in [4.78, 5) is 2.31. The van der Waals surface area contributed by atoms with Crippen LogP contribution in [0.25, 0.3) is 0 Å². The van der Waals surface area contributed by atoms with Gasteiger partial charge in [0.1, 0.15) is 6.07 Å². The second kappa shape index (κ2) is 6.22. The summed E-state index contributed by atoms with van der Waals surface area (Å²) in [5.74, 6) is -0.156. The molecule has 1 aliphatic heterocycles. The summed E-state index contributed by atoms with van der Waals surface area (Å²) in [5.41, 5.74) is 6.13. The van der Waals surface area contributed by atoms with E-state index in [0.717, 1.165) is 31.6 Å². The highest BCUT2D eigenvalue weighted by atomic mass is 15.1. The number of fused-ring (bicyclic) bond motifs is 1. The van der Waals surface area contributed by atoms with E-state index in [4.69, 9.17) is 5.73 Å². The third kappa shape index (κ3) is 2.17. The molecule has 0 radical (unpaired) electrons. The molecular weight excluding hydrogens is 274 g/mol. The Balaban J connectivity index is 2.61. The Morgan fingerprint density at radius 2 is 2.00 bits per heavy atom. The van der Waals surface area contributed by atoms with Crippen LogP contribution in [0.5, 0.6) is 0 Å². The molecule has 5 nitrogen and oxygen atoms in total. The maximum atomic E-state index is 9.66. The minimum absolute atomic E-state index is 0.0200. The summed E-state index contributed by atoms with van der Waals surface area (Å²) < 4.78 is 0. The molecule has 0 saturated carbocycles. The Hall–Kier alpha value is -2.29. The van der Waals surface area contributed by atoms with Crippen LogP contribution in [0.1, 0.15) is 26.7 Å². The second-order valence-electron chi connectivity index (χ2n) is 5.97. The summed E-state index contributed by atoms with van der Waals surface area (Å²) in [5, 5.41) is 28.8. The third-order valence-corrected chi connectivity index (χ3v) is 4.89. The highest BCUT2D eigenvalue weighted by Gasteiger charge is 2.52. The maximum absolute atomic E-state index is 9.66. The van der Waals surface area contributed by atoms with Crippen LogP contribution in [0.15, 0.2) is 22.9 Å². The predicted molar refractivity (Wildman–Crippen MR) is 82.6 cm³/mol. The first-order chi connectivity index (χ1) is 10.6. The van der Waals surface area contributed by atoms with Crippen molar-refractivity contribution in [3.8, 4) is 18.2 Å². The van der Waals surface area contributed by atoms with Crippen molar-refractivity contribution in [2.45, 2.75) is 26.7 Å². The lowest BCUT2D eigenvalue weighted by atomic mass is 9.59. The van der Waals surface area contributed by atoms with E-state index in [9.17, 15) is 15.8 Å². The van der Waals surface area contributed by atoms with Crippen molar-refractivity contribution in [3.63, 3.8) is 0 Å². The van der Waals surface area contributed by atoms with Gasteiger partial charge in [-0.25, -0.2) is 0 Å². The van der Waals surface area contributed by atoms with E-state index in [1.165, 1.54) is 0 Å². The average Bonchev–Trinajstić information content (AvgIpc) is 2.54. The molecule has 5 heteroatoms. The van der Waals surface area contributed by atoms with E-state index < -0.39 is 5.41 Å². The topological polar surface area (TPSA) is 101 Å². The summed E-state index contributed by atoms with van der Waals surface area (Å²) in [6.07, 6.45) is 3.79. The van der Waals surface area contributed by atoms with Gasteiger partial charge < -0.3 is 5.73 Å². The third-order valence-electron chi connectivity index (χ3n) is 4.89. The largest absolute Gasteiger partial charge is 0.399 e. The summed E-state index contributed by atoms with van der Waals surface area (Å²) in [7, 11) is 0. The number of hydrogen-bond acceptors (Lipinski definition) is 5. The van der Waals surface area contributed by atoms with Crippen molar-refractivity contribution in [2.24, 2.45) is 23.0 Å². The molecule has 0 fully saturated rings. The molecule has 0 bridgehead atoms. The number of nitrogens with zero attached hydrogens (tertiary/aromatic N) is 4. The van der Waals surface area contributed by atoms with E-state index in [0.29, 0.717) is 12.0 Å². The Labute approximate surface area is 131 Å². The van der Waals surface area contributed by atoms with Gasteiger partial charge in [0.05, 0.1) is 23.4 Å². The van der Waals surface area contributed by atoms with Crippen LogP contribution in [-0.4, -0.2) is 24.5 Å². The van der Waals surface area contributed by atoms with Gasteiger partial charge >= 0.3 is 0 Å². The standard InChI is InChI=1S/C17H21N5/c1-3-6-22-7-5-12-13(8-18)16(21)17(10-19,11-20)15(4-2)14(12)9-22/h5,14-15H,3-4,6-7,9,21H2,1-2H3. The van der Waals surface area contributed by atoms with Crippen molar-refractivity contribution in [3.05, 3.63) is 22.9 Å². The molecule has 0 saturated heterocycles. The first-order valence-electron chi connectivity index (χ1n) is 7.75. The smallest absolute Gasteiger partial charge is 0.187 e. The van der Waals surface area contributed by atoms with Crippen molar-refractivity contribution in [1.82, 2.24) is 4.90 Å². The minimum atomic E-state index is -1.39. The molecule has 114 valence electrons. The van der Waals surface area contributed by atoms with Gasteiger partial charge in [-0.05, 0) is 25.0 Å². The molecule has 22 heavy (non-hydrogen) atoms. The van der Waals surface area contributed by atoms with E-state index in [1.54, 1.807) is 0 Å². The minimum Gasteiger partial charge on any atom is -0.399 e. The SMILES string of the molecule is CCCN1CC=C2C(C#N)=C(N)C(C#N)(C#N)C(CC)C2C1. The number of rotatable bonds is 3. The lowest BCUT2D eigenvalue weighted by Crippen LogP contribution is -2.49. The Morgan fingerprint density at radius 1 is 1.32 bits per heavy atom. The van der Waals surface area contributed by atoms with E-state index >= 15 is 0 Å². The van der Waals surface area contributed by atoms with Gasteiger partial charge in [0, 0.05) is 24.9 Å². The summed E-state index contributed by atoms with van der Waals surface area (Å²) in [6, 6.07) is 6.38. The van der Waals surface area contributed by atoms with Crippen molar-refractivity contribution >= 4 is 0 Å². The molecule has 0 aromatic heterocycles. The lowest BCUT2D eigenvalue weighted by molar-refractivity contribution is 0.164. The number of allylic oxidation sites excluding steroid dienone is 2. The molecule has 2 rings (SSSR count). The highest BCUT2D eigenvalue weighted by molar-refractivity contribution is 5.56. The summed E-state index contributed by atoms with van der Waals surface area (Å²) in [6.45, 7) is 6.66. The van der Waals surface area contributed by atoms with Crippen LogP contribution in [0.4, 0.5) is 0 Å². The zero-order valence-electron chi connectivity index (χ0n) is 13.1. The van der Waals surface area contributed by atoms with Crippen LogP contribution < -0.4 is 5.73 Å². The van der Waals surface area contributed by atoms with Gasteiger partial charge in [0.25, 0.3) is 0 Å². The molecule has 0 spiro atoms. The van der Waals surface area contributed by atoms with Gasteiger partial charge in [-0.15, -0.1) is 0 Å². The maximum Gasteiger partial charge on any atom is 0.187 e. The highest BCUT2D eigenvalue weighted by Crippen LogP contribution is 2.50. The van der Waals surface area contributed by atoms with E-state index in [-0.39, 0.29) is 17.5 Å². The monoisotopic (exact) mass is 295 g/mol. The van der Waals surface area contributed by atoms with Crippen LogP contribution in [-0.2, 0) is 0 Å². The average molecular weight is 295 g/mol. The van der Waals surface area contributed by atoms with Crippen LogP contribution in [0.2, 0.25) is 0 Å². The molecular formula is C17H21N5. The predicted octanol–water partition coefficient (Wildman–Crippen LogP) is 2.06. The van der Waals surface area contributed by atoms with Gasteiger partial charge in [-0.2, -0.15) is 15.8 Å². The molecule has 2 unspecified atom stereocenters. The fraction of sp³-hybridized carbons (Fsp3) is 0.588. The Bertz CT molecular complexity index is 623. The van der Waals surface area contributed by atoms with Crippen LogP contribution >= 0.6 is 0 Å². The first kappa shape index (κ1) is 16.1. The van der Waals surface area contributed by atoms with E-state index in [1.807, 2.05) is 6.92 Å². The number of nitriles is 3. The molecule has 0 aromatic carbocycles. The van der Waals surface area contributed by atoms with Crippen LogP contribution in [0.3, 0.4) is 0 Å². The Kier molecular flexibility index (Phi) is 4.55. The van der Waals surface area contributed by atoms with Gasteiger partial charge in [0.2, 0.25) is 0 Å². The molecule has 0 amide bonds. The molecule has 2 N–H and O–H groups in total. The molecule has 2 atom stereocenters. The molecule has 1 heterocycles.